The van der Waals surface area contributed by atoms with Gasteiger partial charge < -0.3 is 10.1 Å². The largest absolute Gasteiger partial charge is 0.377 e. The minimum atomic E-state index is 0.185. The predicted octanol–water partition coefficient (Wildman–Crippen LogP) is 2.27. The van der Waals surface area contributed by atoms with Gasteiger partial charge in [-0.05, 0) is 44.7 Å². The molecule has 0 aromatic heterocycles. The molecule has 0 radical (unpaired) electrons. The monoisotopic (exact) mass is 254 g/mol. The molecule has 0 aromatic rings. The minimum Gasteiger partial charge on any atom is -0.377 e. The number of rotatable bonds is 5. The van der Waals surface area contributed by atoms with Crippen molar-refractivity contribution in [2.45, 2.75) is 57.6 Å². The van der Waals surface area contributed by atoms with Crippen molar-refractivity contribution in [2.75, 3.05) is 33.3 Å². The molecule has 1 saturated carbocycles. The van der Waals surface area contributed by atoms with Crippen molar-refractivity contribution in [1.82, 2.24) is 10.2 Å². The maximum absolute atomic E-state index is 5.78. The van der Waals surface area contributed by atoms with Gasteiger partial charge in [0.15, 0.2) is 0 Å². The molecule has 2 aliphatic rings. The highest BCUT2D eigenvalue weighted by Gasteiger charge is 2.39. The number of methoxy groups -OCH3 is 1. The molecule has 3 nitrogen and oxygen atoms in total. The van der Waals surface area contributed by atoms with Crippen LogP contribution < -0.4 is 5.32 Å². The van der Waals surface area contributed by atoms with Crippen LogP contribution in [0.25, 0.3) is 0 Å². The van der Waals surface area contributed by atoms with Crippen LogP contribution in [0.3, 0.4) is 0 Å². The topological polar surface area (TPSA) is 24.5 Å². The van der Waals surface area contributed by atoms with Gasteiger partial charge in [-0.3, -0.25) is 4.90 Å². The Morgan fingerprint density at radius 1 is 1.39 bits per heavy atom. The molecule has 2 atom stereocenters. The molecule has 106 valence electrons. The van der Waals surface area contributed by atoms with E-state index >= 15 is 0 Å². The van der Waals surface area contributed by atoms with Crippen molar-refractivity contribution in [2.24, 2.45) is 5.92 Å². The molecule has 1 aliphatic heterocycles. The normalized spacial score (nSPS) is 30.5. The SMILES string of the molecule is CCC(C)C1CN(CC2(OC)CCC2)CCCN1. The van der Waals surface area contributed by atoms with E-state index in [9.17, 15) is 0 Å². The molecule has 0 bridgehead atoms. The summed E-state index contributed by atoms with van der Waals surface area (Å²) in [6.45, 7) is 9.40. The van der Waals surface area contributed by atoms with Crippen LogP contribution >= 0.6 is 0 Å². The molecule has 2 fully saturated rings. The van der Waals surface area contributed by atoms with Crippen molar-refractivity contribution >= 4 is 0 Å². The molecule has 1 aliphatic carbocycles. The second kappa shape index (κ2) is 6.36. The molecule has 2 rings (SSSR count). The molecule has 18 heavy (non-hydrogen) atoms. The zero-order valence-corrected chi connectivity index (χ0v) is 12.4. The number of hydrogen-bond acceptors (Lipinski definition) is 3. The molecular weight excluding hydrogens is 224 g/mol. The van der Waals surface area contributed by atoms with Crippen molar-refractivity contribution in [1.29, 1.82) is 0 Å². The zero-order chi connectivity index (χ0) is 13.0. The van der Waals surface area contributed by atoms with Crippen LogP contribution in [0.15, 0.2) is 0 Å². The van der Waals surface area contributed by atoms with E-state index in [0.717, 1.165) is 12.5 Å². The van der Waals surface area contributed by atoms with Crippen LogP contribution in [0, 0.1) is 5.92 Å². The second-order valence-corrected chi connectivity index (χ2v) is 6.28. The van der Waals surface area contributed by atoms with Crippen LogP contribution in [-0.4, -0.2) is 49.8 Å². The van der Waals surface area contributed by atoms with Gasteiger partial charge in [-0.1, -0.05) is 20.3 Å². The van der Waals surface area contributed by atoms with Crippen LogP contribution in [0.4, 0.5) is 0 Å². The number of nitrogens with zero attached hydrogens (tertiary/aromatic N) is 1. The summed E-state index contributed by atoms with van der Waals surface area (Å²) in [4.78, 5) is 2.64. The lowest BCUT2D eigenvalue weighted by molar-refractivity contribution is -0.0918. The summed E-state index contributed by atoms with van der Waals surface area (Å²) in [5.74, 6) is 0.769. The lowest BCUT2D eigenvalue weighted by Crippen LogP contribution is -2.52. The van der Waals surface area contributed by atoms with E-state index in [1.54, 1.807) is 0 Å². The van der Waals surface area contributed by atoms with E-state index in [1.165, 1.54) is 51.7 Å². The van der Waals surface area contributed by atoms with Crippen LogP contribution in [0.1, 0.15) is 46.0 Å². The first-order valence-electron chi connectivity index (χ1n) is 7.70. The third kappa shape index (κ3) is 3.25. The fourth-order valence-electron chi connectivity index (χ4n) is 3.24. The Hall–Kier alpha value is -0.120. The lowest BCUT2D eigenvalue weighted by atomic mass is 9.79. The smallest absolute Gasteiger partial charge is 0.0805 e. The standard InChI is InChI=1S/C15H30N2O/c1-4-13(2)14-11-17(10-6-9-16-14)12-15(18-3)7-5-8-15/h13-14,16H,4-12H2,1-3H3. The predicted molar refractivity (Wildman–Crippen MR) is 75.9 cm³/mol. The van der Waals surface area contributed by atoms with Crippen LogP contribution in [-0.2, 0) is 4.74 Å². The molecule has 1 saturated heterocycles. The first-order chi connectivity index (χ1) is 8.69. The van der Waals surface area contributed by atoms with E-state index in [-0.39, 0.29) is 5.60 Å². The van der Waals surface area contributed by atoms with Gasteiger partial charge in [-0.15, -0.1) is 0 Å². The Labute approximate surface area is 112 Å². The summed E-state index contributed by atoms with van der Waals surface area (Å²) < 4.78 is 5.78. The van der Waals surface area contributed by atoms with Gasteiger partial charge in [0.05, 0.1) is 5.60 Å². The van der Waals surface area contributed by atoms with E-state index in [0.29, 0.717) is 6.04 Å². The Balaban J connectivity index is 1.90. The van der Waals surface area contributed by atoms with E-state index in [2.05, 4.69) is 24.1 Å². The minimum absolute atomic E-state index is 0.185. The van der Waals surface area contributed by atoms with E-state index in [4.69, 9.17) is 4.74 Å². The molecule has 0 spiro atoms. The maximum atomic E-state index is 5.78. The Morgan fingerprint density at radius 3 is 2.72 bits per heavy atom. The van der Waals surface area contributed by atoms with Gasteiger partial charge in [-0.2, -0.15) is 0 Å². The van der Waals surface area contributed by atoms with Gasteiger partial charge in [0.2, 0.25) is 0 Å². The number of hydrogen-bond donors (Lipinski definition) is 1. The second-order valence-electron chi connectivity index (χ2n) is 6.28. The molecule has 3 heteroatoms. The Kier molecular flexibility index (Phi) is 5.05. The highest BCUT2D eigenvalue weighted by molar-refractivity contribution is 4.94. The number of ether oxygens (including phenoxy) is 1. The van der Waals surface area contributed by atoms with E-state index < -0.39 is 0 Å². The third-order valence-electron chi connectivity index (χ3n) is 5.05. The summed E-state index contributed by atoms with van der Waals surface area (Å²) in [5, 5.41) is 3.72. The highest BCUT2D eigenvalue weighted by atomic mass is 16.5. The van der Waals surface area contributed by atoms with Gasteiger partial charge >= 0.3 is 0 Å². The first-order valence-corrected chi connectivity index (χ1v) is 7.70. The average molecular weight is 254 g/mol. The molecule has 1 N–H and O–H groups in total. The van der Waals surface area contributed by atoms with Gasteiger partial charge in [0.1, 0.15) is 0 Å². The first kappa shape index (κ1) is 14.3. The summed E-state index contributed by atoms with van der Waals surface area (Å²) >= 11 is 0. The average Bonchev–Trinajstić information content (AvgIpc) is 2.58. The van der Waals surface area contributed by atoms with E-state index in [1.807, 2.05) is 7.11 Å². The van der Waals surface area contributed by atoms with Crippen molar-refractivity contribution in [3.63, 3.8) is 0 Å². The number of nitrogens with one attached hydrogen (secondary N) is 1. The molecule has 0 aromatic carbocycles. The summed E-state index contributed by atoms with van der Waals surface area (Å²) in [6.07, 6.45) is 6.38. The van der Waals surface area contributed by atoms with Crippen LogP contribution in [0.5, 0.6) is 0 Å². The molecular formula is C15H30N2O. The molecule has 1 heterocycles. The quantitative estimate of drug-likeness (QED) is 0.814. The third-order valence-corrected chi connectivity index (χ3v) is 5.05. The van der Waals surface area contributed by atoms with Crippen molar-refractivity contribution < 1.29 is 4.74 Å². The summed E-state index contributed by atoms with van der Waals surface area (Å²) in [7, 11) is 1.89. The fourth-order valence-corrected chi connectivity index (χ4v) is 3.24. The molecule has 2 unspecified atom stereocenters. The Morgan fingerprint density at radius 2 is 2.17 bits per heavy atom. The zero-order valence-electron chi connectivity index (χ0n) is 12.4. The van der Waals surface area contributed by atoms with Crippen molar-refractivity contribution in [3.8, 4) is 0 Å². The highest BCUT2D eigenvalue weighted by Crippen LogP contribution is 2.36. The Bertz CT molecular complexity index is 247. The van der Waals surface area contributed by atoms with Gasteiger partial charge in [-0.25, -0.2) is 0 Å². The van der Waals surface area contributed by atoms with Gasteiger partial charge in [0.25, 0.3) is 0 Å². The lowest BCUT2D eigenvalue weighted by Gasteiger charge is -2.44. The van der Waals surface area contributed by atoms with Gasteiger partial charge in [0, 0.05) is 26.2 Å². The maximum Gasteiger partial charge on any atom is 0.0805 e. The van der Waals surface area contributed by atoms with Crippen LogP contribution in [0.2, 0.25) is 0 Å². The summed E-state index contributed by atoms with van der Waals surface area (Å²) in [6, 6.07) is 0.659. The summed E-state index contributed by atoms with van der Waals surface area (Å²) in [5.41, 5.74) is 0.185. The fraction of sp³-hybridized carbons (Fsp3) is 1.00. The van der Waals surface area contributed by atoms with Crippen molar-refractivity contribution in [3.05, 3.63) is 0 Å². The molecule has 0 amide bonds.